The number of allylic oxidation sites excluding steroid dienone is 1. The molecule has 0 radical (unpaired) electrons. The van der Waals surface area contributed by atoms with Crippen molar-refractivity contribution in [1.29, 1.82) is 0 Å². The molecule has 0 spiro atoms. The van der Waals surface area contributed by atoms with Gasteiger partial charge in [0.25, 0.3) is 5.91 Å². The molecule has 13 heavy (non-hydrogen) atoms. The van der Waals surface area contributed by atoms with Gasteiger partial charge < -0.3 is 5.73 Å². The van der Waals surface area contributed by atoms with Gasteiger partial charge in [0.05, 0.1) is 0 Å². The zero-order valence-electron chi connectivity index (χ0n) is 7.57. The summed E-state index contributed by atoms with van der Waals surface area (Å²) in [5.74, 6) is -0.998. The largest absolute Gasteiger partial charge is 0.364 e. The molecule has 0 aromatic carbocycles. The van der Waals surface area contributed by atoms with Crippen molar-refractivity contribution in [3.63, 3.8) is 0 Å². The van der Waals surface area contributed by atoms with E-state index in [1.165, 1.54) is 20.0 Å². The number of aliphatic imine (C=N–C) groups is 2. The summed E-state index contributed by atoms with van der Waals surface area (Å²) < 4.78 is 0. The van der Waals surface area contributed by atoms with E-state index in [2.05, 4.69) is 16.7 Å². The van der Waals surface area contributed by atoms with Crippen molar-refractivity contribution >= 4 is 24.1 Å². The van der Waals surface area contributed by atoms with E-state index in [9.17, 15) is 9.59 Å². The third-order valence-corrected chi connectivity index (χ3v) is 1.30. The topological polar surface area (TPSA) is 84.9 Å². The van der Waals surface area contributed by atoms with Gasteiger partial charge in [-0.1, -0.05) is 0 Å². The van der Waals surface area contributed by atoms with Gasteiger partial charge in [-0.3, -0.25) is 19.6 Å². The van der Waals surface area contributed by atoms with Crippen LogP contribution in [-0.4, -0.2) is 31.2 Å². The van der Waals surface area contributed by atoms with Crippen molar-refractivity contribution in [2.24, 2.45) is 15.7 Å². The number of rotatable bonds is 4. The Hall–Kier alpha value is -1.78. The van der Waals surface area contributed by atoms with Crippen LogP contribution in [0.2, 0.25) is 0 Å². The molecule has 0 aliphatic rings. The van der Waals surface area contributed by atoms with E-state index in [1.54, 1.807) is 0 Å². The van der Waals surface area contributed by atoms with Crippen LogP contribution in [0.3, 0.4) is 0 Å². The van der Waals surface area contributed by atoms with Gasteiger partial charge in [-0.25, -0.2) is 0 Å². The molecule has 0 rings (SSSR count). The quantitative estimate of drug-likeness (QED) is 0.477. The highest BCUT2D eigenvalue weighted by Gasteiger charge is 2.06. The Balaban J connectivity index is 4.98. The molecule has 5 nitrogen and oxygen atoms in total. The first-order chi connectivity index (χ1) is 6.02. The molecular formula is C8H11N3O2. The van der Waals surface area contributed by atoms with Crippen LogP contribution >= 0.6 is 0 Å². The highest BCUT2D eigenvalue weighted by Crippen LogP contribution is 1.97. The number of nitrogens with zero attached hydrogens (tertiary/aromatic N) is 2. The zero-order chi connectivity index (χ0) is 10.4. The van der Waals surface area contributed by atoms with Gasteiger partial charge in [0.15, 0.2) is 5.78 Å². The Morgan fingerprint density at radius 2 is 2.00 bits per heavy atom. The maximum Gasteiger partial charge on any atom is 0.266 e. The monoisotopic (exact) mass is 181 g/mol. The summed E-state index contributed by atoms with van der Waals surface area (Å²) in [5.41, 5.74) is 5.03. The SMILES string of the molecule is C=N/C(=C\C(=NC)C(N)=O)C(C)=O. The molecule has 0 fully saturated rings. The second-order valence-corrected chi connectivity index (χ2v) is 2.22. The predicted molar refractivity (Wildman–Crippen MR) is 50.9 cm³/mol. The third kappa shape index (κ3) is 3.42. The van der Waals surface area contributed by atoms with Gasteiger partial charge in [-0.15, -0.1) is 0 Å². The summed E-state index contributed by atoms with van der Waals surface area (Å²) in [5, 5.41) is 0. The van der Waals surface area contributed by atoms with Crippen LogP contribution < -0.4 is 5.73 Å². The van der Waals surface area contributed by atoms with Crippen molar-refractivity contribution < 1.29 is 9.59 Å². The molecule has 0 saturated heterocycles. The standard InChI is InChI=1S/C8H11N3O2/c1-5(12)6(10-2)4-7(11-3)8(9)13/h4H,2H2,1,3H3,(H2,9,13)/b6-4-,11-7?. The van der Waals surface area contributed by atoms with E-state index in [1.807, 2.05) is 0 Å². The predicted octanol–water partition coefficient (Wildman–Crippen LogP) is -0.284. The fourth-order valence-corrected chi connectivity index (χ4v) is 0.634. The summed E-state index contributed by atoms with van der Waals surface area (Å²) in [7, 11) is 1.40. The number of nitrogens with two attached hydrogens (primary N) is 1. The Morgan fingerprint density at radius 3 is 2.23 bits per heavy atom. The van der Waals surface area contributed by atoms with Gasteiger partial charge in [-0.2, -0.15) is 0 Å². The molecule has 70 valence electrons. The van der Waals surface area contributed by atoms with Gasteiger partial charge >= 0.3 is 0 Å². The maximum atomic E-state index is 10.8. The number of hydrogen-bond donors (Lipinski definition) is 1. The lowest BCUT2D eigenvalue weighted by Crippen LogP contribution is -2.22. The lowest BCUT2D eigenvalue weighted by molar-refractivity contribution is -0.113. The van der Waals surface area contributed by atoms with Crippen LogP contribution in [-0.2, 0) is 9.59 Å². The lowest BCUT2D eigenvalue weighted by atomic mass is 10.2. The van der Waals surface area contributed by atoms with Crippen LogP contribution in [0.25, 0.3) is 0 Å². The number of Topliss-reactive ketones (excluding diaryl/α,β-unsaturated/α-hetero) is 1. The van der Waals surface area contributed by atoms with Crippen LogP contribution in [0.1, 0.15) is 6.92 Å². The van der Waals surface area contributed by atoms with Crippen LogP contribution in [0.15, 0.2) is 21.8 Å². The van der Waals surface area contributed by atoms with Crippen LogP contribution in [0, 0.1) is 0 Å². The summed E-state index contributed by atoms with van der Waals surface area (Å²) in [6.07, 6.45) is 1.21. The molecule has 0 unspecified atom stereocenters. The van der Waals surface area contributed by atoms with E-state index in [0.717, 1.165) is 0 Å². The van der Waals surface area contributed by atoms with Crippen LogP contribution in [0.4, 0.5) is 0 Å². The Morgan fingerprint density at radius 1 is 1.46 bits per heavy atom. The van der Waals surface area contributed by atoms with Gasteiger partial charge in [0.2, 0.25) is 0 Å². The third-order valence-electron chi connectivity index (χ3n) is 1.30. The van der Waals surface area contributed by atoms with E-state index < -0.39 is 5.91 Å². The minimum atomic E-state index is -0.704. The molecule has 0 aromatic heterocycles. The molecule has 1 amide bonds. The average Bonchev–Trinajstić information content (AvgIpc) is 2.05. The van der Waals surface area contributed by atoms with Gasteiger partial charge in [-0.05, 0) is 12.8 Å². The van der Waals surface area contributed by atoms with Crippen molar-refractivity contribution in [1.82, 2.24) is 0 Å². The second kappa shape index (κ2) is 4.97. The first-order valence-corrected chi connectivity index (χ1v) is 3.48. The molecule has 0 atom stereocenters. The smallest absolute Gasteiger partial charge is 0.266 e. The molecule has 0 saturated carbocycles. The first kappa shape index (κ1) is 11.2. The molecular weight excluding hydrogens is 170 g/mol. The Kier molecular flexibility index (Phi) is 4.29. The molecule has 0 aromatic rings. The van der Waals surface area contributed by atoms with Crippen molar-refractivity contribution in [3.05, 3.63) is 11.8 Å². The minimum absolute atomic E-state index is 0.00222. The molecule has 0 aliphatic carbocycles. The van der Waals surface area contributed by atoms with Crippen molar-refractivity contribution in [2.75, 3.05) is 7.05 Å². The van der Waals surface area contributed by atoms with E-state index >= 15 is 0 Å². The normalized spacial score (nSPS) is 12.5. The van der Waals surface area contributed by atoms with Crippen molar-refractivity contribution in [2.45, 2.75) is 6.92 Å². The minimum Gasteiger partial charge on any atom is -0.364 e. The van der Waals surface area contributed by atoms with Gasteiger partial charge in [0, 0.05) is 14.0 Å². The molecule has 5 heteroatoms. The number of hydrogen-bond acceptors (Lipinski definition) is 4. The second-order valence-electron chi connectivity index (χ2n) is 2.22. The number of ketones is 1. The number of amides is 1. The highest BCUT2D eigenvalue weighted by atomic mass is 16.1. The number of carbonyl (C=O) groups is 2. The summed E-state index contributed by atoms with van der Waals surface area (Å²) in [4.78, 5) is 28.5. The average molecular weight is 181 g/mol. The number of carbonyl (C=O) groups excluding carboxylic acids is 2. The molecule has 0 aliphatic heterocycles. The summed E-state index contributed by atoms with van der Waals surface area (Å²) in [6, 6.07) is 0. The molecule has 2 N–H and O–H groups in total. The van der Waals surface area contributed by atoms with Gasteiger partial charge in [0.1, 0.15) is 11.4 Å². The van der Waals surface area contributed by atoms with E-state index in [-0.39, 0.29) is 17.2 Å². The van der Waals surface area contributed by atoms with Crippen molar-refractivity contribution in [3.8, 4) is 0 Å². The summed E-state index contributed by atoms with van der Waals surface area (Å²) >= 11 is 0. The molecule has 0 heterocycles. The Bertz CT molecular complexity index is 303. The fourth-order valence-electron chi connectivity index (χ4n) is 0.634. The van der Waals surface area contributed by atoms with E-state index in [4.69, 9.17) is 5.73 Å². The van der Waals surface area contributed by atoms with E-state index in [0.29, 0.717) is 0 Å². The lowest BCUT2D eigenvalue weighted by Gasteiger charge is -1.95. The Labute approximate surface area is 76.1 Å². The summed E-state index contributed by atoms with van der Waals surface area (Å²) in [6.45, 7) is 4.50. The fraction of sp³-hybridized carbons (Fsp3) is 0.250. The number of primary amides is 1. The first-order valence-electron chi connectivity index (χ1n) is 3.48. The maximum absolute atomic E-state index is 10.8. The zero-order valence-corrected chi connectivity index (χ0v) is 7.57. The molecule has 0 bridgehead atoms. The van der Waals surface area contributed by atoms with Crippen LogP contribution in [0.5, 0.6) is 0 Å². The highest BCUT2D eigenvalue weighted by molar-refractivity contribution is 6.43.